The minimum absolute atomic E-state index is 0.119. The normalized spacial score (nSPS) is 12.9. The average Bonchev–Trinajstić information content (AvgIpc) is 3.08. The van der Waals surface area contributed by atoms with E-state index in [0.29, 0.717) is 29.7 Å². The Kier molecular flexibility index (Phi) is 6.47. The van der Waals surface area contributed by atoms with Crippen LogP contribution in [-0.2, 0) is 13.1 Å². The standard InChI is InChI=1S/C24H22ClF2N3O3/c1-13(2)12-33-15-8-7-14(19(9-15)32-3)10-30-11-18-21(24(30)31)22(25)29-23(28-18)20-16(26)5-4-6-17(20)27/h4-9,13H,10-12H2,1-3H3. The highest BCUT2D eigenvalue weighted by Gasteiger charge is 2.34. The lowest BCUT2D eigenvalue weighted by Gasteiger charge is -2.18. The molecule has 1 aromatic heterocycles. The van der Waals surface area contributed by atoms with Crippen molar-refractivity contribution in [2.24, 2.45) is 5.92 Å². The number of methoxy groups -OCH3 is 1. The van der Waals surface area contributed by atoms with Crippen LogP contribution in [0.1, 0.15) is 35.5 Å². The van der Waals surface area contributed by atoms with E-state index < -0.39 is 11.6 Å². The summed E-state index contributed by atoms with van der Waals surface area (Å²) in [4.78, 5) is 22.8. The van der Waals surface area contributed by atoms with E-state index in [1.807, 2.05) is 12.1 Å². The van der Waals surface area contributed by atoms with Crippen molar-refractivity contribution in [1.29, 1.82) is 0 Å². The lowest BCUT2D eigenvalue weighted by Crippen LogP contribution is -2.23. The quantitative estimate of drug-likeness (QED) is 0.437. The fourth-order valence-electron chi connectivity index (χ4n) is 3.58. The Balaban J connectivity index is 1.60. The Morgan fingerprint density at radius 2 is 1.85 bits per heavy atom. The van der Waals surface area contributed by atoms with Crippen molar-refractivity contribution < 1.29 is 23.0 Å². The summed E-state index contributed by atoms with van der Waals surface area (Å²) in [5, 5.41) is -0.144. The third-order valence-corrected chi connectivity index (χ3v) is 5.44. The number of carbonyl (C=O) groups is 1. The van der Waals surface area contributed by atoms with Gasteiger partial charge in [0.25, 0.3) is 5.91 Å². The van der Waals surface area contributed by atoms with Gasteiger partial charge in [-0.3, -0.25) is 4.79 Å². The first-order valence-electron chi connectivity index (χ1n) is 10.4. The zero-order chi connectivity index (χ0) is 23.7. The van der Waals surface area contributed by atoms with Gasteiger partial charge in [-0.1, -0.05) is 31.5 Å². The van der Waals surface area contributed by atoms with Crippen LogP contribution in [-0.4, -0.2) is 34.5 Å². The van der Waals surface area contributed by atoms with Crippen molar-refractivity contribution in [3.05, 3.63) is 70.0 Å². The van der Waals surface area contributed by atoms with E-state index in [4.69, 9.17) is 21.1 Å². The van der Waals surface area contributed by atoms with Crippen LogP contribution in [0.2, 0.25) is 5.15 Å². The highest BCUT2D eigenvalue weighted by Crippen LogP contribution is 2.34. The number of benzene rings is 2. The molecule has 2 aromatic carbocycles. The molecule has 172 valence electrons. The maximum Gasteiger partial charge on any atom is 0.259 e. The van der Waals surface area contributed by atoms with Crippen LogP contribution in [0.4, 0.5) is 8.78 Å². The molecule has 0 unspecified atom stereocenters. The number of aromatic nitrogens is 2. The highest BCUT2D eigenvalue weighted by atomic mass is 35.5. The first kappa shape index (κ1) is 22.9. The van der Waals surface area contributed by atoms with Gasteiger partial charge in [-0.15, -0.1) is 0 Å². The molecule has 1 aliphatic heterocycles. The number of ether oxygens (including phenoxy) is 2. The van der Waals surface area contributed by atoms with Crippen LogP contribution in [0.3, 0.4) is 0 Å². The lowest BCUT2D eigenvalue weighted by molar-refractivity contribution is 0.0765. The van der Waals surface area contributed by atoms with Crippen LogP contribution in [0.25, 0.3) is 11.4 Å². The van der Waals surface area contributed by atoms with Gasteiger partial charge >= 0.3 is 0 Å². The van der Waals surface area contributed by atoms with E-state index in [9.17, 15) is 13.6 Å². The summed E-state index contributed by atoms with van der Waals surface area (Å²) in [5.41, 5.74) is 0.827. The van der Waals surface area contributed by atoms with Gasteiger partial charge in [-0.25, -0.2) is 18.7 Å². The first-order valence-corrected chi connectivity index (χ1v) is 10.8. The molecule has 3 aromatic rings. The monoisotopic (exact) mass is 473 g/mol. The van der Waals surface area contributed by atoms with Crippen LogP contribution >= 0.6 is 11.6 Å². The molecule has 33 heavy (non-hydrogen) atoms. The van der Waals surface area contributed by atoms with Crippen molar-refractivity contribution in [3.8, 4) is 22.9 Å². The van der Waals surface area contributed by atoms with Crippen molar-refractivity contribution in [1.82, 2.24) is 14.9 Å². The number of fused-ring (bicyclic) bond motifs is 1. The van der Waals surface area contributed by atoms with Gasteiger partial charge in [0.1, 0.15) is 33.9 Å². The van der Waals surface area contributed by atoms with Crippen molar-refractivity contribution in [2.45, 2.75) is 26.9 Å². The minimum atomic E-state index is -0.809. The van der Waals surface area contributed by atoms with Gasteiger partial charge in [-0.2, -0.15) is 0 Å². The summed E-state index contributed by atoms with van der Waals surface area (Å²) in [7, 11) is 1.54. The van der Waals surface area contributed by atoms with Gasteiger partial charge in [0.2, 0.25) is 0 Å². The summed E-state index contributed by atoms with van der Waals surface area (Å²) in [6.07, 6.45) is 0. The Hall–Kier alpha value is -3.26. The molecule has 0 saturated carbocycles. The summed E-state index contributed by atoms with van der Waals surface area (Å²) >= 11 is 6.25. The summed E-state index contributed by atoms with van der Waals surface area (Å²) < 4.78 is 39.6. The molecule has 1 aliphatic rings. The molecule has 4 rings (SSSR count). The van der Waals surface area contributed by atoms with Crippen LogP contribution in [0.15, 0.2) is 36.4 Å². The molecule has 0 bridgehead atoms. The van der Waals surface area contributed by atoms with Crippen LogP contribution < -0.4 is 9.47 Å². The largest absolute Gasteiger partial charge is 0.496 e. The van der Waals surface area contributed by atoms with E-state index in [1.165, 1.54) is 11.0 Å². The van der Waals surface area contributed by atoms with Crippen LogP contribution in [0.5, 0.6) is 11.5 Å². The molecule has 0 saturated heterocycles. The third-order valence-electron chi connectivity index (χ3n) is 5.17. The Morgan fingerprint density at radius 1 is 1.12 bits per heavy atom. The van der Waals surface area contributed by atoms with E-state index in [1.54, 1.807) is 13.2 Å². The van der Waals surface area contributed by atoms with E-state index in [0.717, 1.165) is 17.7 Å². The van der Waals surface area contributed by atoms with E-state index >= 15 is 0 Å². The molecule has 0 N–H and O–H groups in total. The fourth-order valence-corrected chi connectivity index (χ4v) is 3.85. The summed E-state index contributed by atoms with van der Waals surface area (Å²) in [6.45, 7) is 5.03. The minimum Gasteiger partial charge on any atom is -0.496 e. The first-order chi connectivity index (χ1) is 15.8. The second kappa shape index (κ2) is 9.31. The predicted octanol–water partition coefficient (Wildman–Crippen LogP) is 5.27. The molecule has 0 spiro atoms. The van der Waals surface area contributed by atoms with Crippen LogP contribution in [0, 0.1) is 17.6 Å². The van der Waals surface area contributed by atoms with Gasteiger partial charge in [-0.05, 0) is 30.2 Å². The second-order valence-electron chi connectivity index (χ2n) is 8.10. The maximum atomic E-state index is 14.2. The van der Waals surface area contributed by atoms with E-state index in [-0.39, 0.29) is 41.1 Å². The van der Waals surface area contributed by atoms with Crippen molar-refractivity contribution in [2.75, 3.05) is 13.7 Å². The molecule has 0 fully saturated rings. The van der Waals surface area contributed by atoms with Gasteiger partial charge in [0.15, 0.2) is 5.82 Å². The average molecular weight is 474 g/mol. The zero-order valence-electron chi connectivity index (χ0n) is 18.4. The molecule has 1 amide bonds. The number of carbonyl (C=O) groups excluding carboxylic acids is 1. The van der Waals surface area contributed by atoms with Gasteiger partial charge in [0.05, 0.1) is 38.1 Å². The number of nitrogens with zero attached hydrogens (tertiary/aromatic N) is 3. The second-order valence-corrected chi connectivity index (χ2v) is 8.45. The molecule has 0 atom stereocenters. The molecular formula is C24H22ClF2N3O3. The zero-order valence-corrected chi connectivity index (χ0v) is 19.1. The topological polar surface area (TPSA) is 64.6 Å². The molecule has 2 heterocycles. The molecule has 6 nitrogen and oxygen atoms in total. The third kappa shape index (κ3) is 4.61. The SMILES string of the molecule is COc1cc(OCC(C)C)ccc1CN1Cc2nc(-c3c(F)cccc3F)nc(Cl)c2C1=O. The smallest absolute Gasteiger partial charge is 0.259 e. The van der Waals surface area contributed by atoms with Crippen molar-refractivity contribution in [3.63, 3.8) is 0 Å². The van der Waals surface area contributed by atoms with Gasteiger partial charge in [0, 0.05) is 11.6 Å². The number of rotatable bonds is 7. The molecule has 0 aliphatic carbocycles. The molecular weight excluding hydrogens is 452 g/mol. The summed E-state index contributed by atoms with van der Waals surface area (Å²) in [6, 6.07) is 8.90. The summed E-state index contributed by atoms with van der Waals surface area (Å²) in [5.74, 6) is -0.554. The fraction of sp³-hybridized carbons (Fsp3) is 0.292. The van der Waals surface area contributed by atoms with E-state index in [2.05, 4.69) is 23.8 Å². The Morgan fingerprint density at radius 3 is 2.52 bits per heavy atom. The predicted molar refractivity (Wildman–Crippen MR) is 119 cm³/mol. The number of hydrogen-bond donors (Lipinski definition) is 0. The lowest BCUT2D eigenvalue weighted by atomic mass is 10.1. The number of amides is 1. The number of halogens is 3. The molecule has 9 heteroatoms. The highest BCUT2D eigenvalue weighted by molar-refractivity contribution is 6.33. The Labute approximate surface area is 195 Å². The van der Waals surface area contributed by atoms with Gasteiger partial charge < -0.3 is 14.4 Å². The Bertz CT molecular complexity index is 1200. The molecule has 0 radical (unpaired) electrons. The number of hydrogen-bond acceptors (Lipinski definition) is 5. The maximum absolute atomic E-state index is 14.2. The van der Waals surface area contributed by atoms with Crippen molar-refractivity contribution >= 4 is 17.5 Å².